The van der Waals surface area contributed by atoms with Crippen molar-refractivity contribution in [1.29, 1.82) is 0 Å². The predicted octanol–water partition coefficient (Wildman–Crippen LogP) is 3.52. The summed E-state index contributed by atoms with van der Waals surface area (Å²) in [6, 6.07) is 15.1. The minimum Gasteiger partial charge on any atom is -0.315 e. The Morgan fingerprint density at radius 1 is 1.10 bits per heavy atom. The van der Waals surface area contributed by atoms with Gasteiger partial charge < -0.3 is 5.32 Å². The van der Waals surface area contributed by atoms with Gasteiger partial charge in [0.05, 0.1) is 15.2 Å². The summed E-state index contributed by atoms with van der Waals surface area (Å²) < 4.78 is 14.4. The maximum atomic E-state index is 13.1. The van der Waals surface area contributed by atoms with Crippen LogP contribution in [0.2, 0.25) is 0 Å². The van der Waals surface area contributed by atoms with Gasteiger partial charge in [-0.15, -0.1) is 11.3 Å². The monoisotopic (exact) mass is 298 g/mol. The van der Waals surface area contributed by atoms with Crippen molar-refractivity contribution in [3.8, 4) is 0 Å². The van der Waals surface area contributed by atoms with Crippen LogP contribution in [0, 0.1) is 5.82 Å². The third kappa shape index (κ3) is 2.24. The normalized spacial score (nSPS) is 16.8. The van der Waals surface area contributed by atoms with Crippen molar-refractivity contribution in [2.24, 2.45) is 0 Å². The number of hydrogen-bond acceptors (Lipinski definition) is 3. The highest BCUT2D eigenvalue weighted by Gasteiger charge is 2.39. The lowest BCUT2D eigenvalue weighted by atomic mass is 9.73. The zero-order valence-electron chi connectivity index (χ0n) is 11.5. The molecule has 2 nitrogen and oxygen atoms in total. The van der Waals surface area contributed by atoms with Crippen molar-refractivity contribution in [1.82, 2.24) is 10.3 Å². The van der Waals surface area contributed by atoms with Gasteiger partial charge in [0.25, 0.3) is 0 Å². The molecule has 1 saturated heterocycles. The number of nitrogens with one attached hydrogen (secondary N) is 1. The fraction of sp³-hybridized carbons (Fsp3) is 0.235. The molecule has 1 aromatic heterocycles. The van der Waals surface area contributed by atoms with Gasteiger partial charge in [0.15, 0.2) is 0 Å². The first kappa shape index (κ1) is 12.9. The third-order valence-corrected chi connectivity index (χ3v) is 5.25. The van der Waals surface area contributed by atoms with Gasteiger partial charge in [-0.1, -0.05) is 24.3 Å². The molecular formula is C17H15FN2S. The largest absolute Gasteiger partial charge is 0.315 e. The lowest BCUT2D eigenvalue weighted by Gasteiger charge is -2.43. The van der Waals surface area contributed by atoms with E-state index < -0.39 is 0 Å². The summed E-state index contributed by atoms with van der Waals surface area (Å²) in [4.78, 5) is 4.74. The number of hydrogen-bond donors (Lipinski definition) is 1. The SMILES string of the molecule is Fc1ccc(C2(Cc3nc4ccccc4s3)CNC2)cc1. The molecule has 0 aliphatic carbocycles. The van der Waals surface area contributed by atoms with E-state index in [-0.39, 0.29) is 11.2 Å². The molecule has 0 radical (unpaired) electrons. The highest BCUT2D eigenvalue weighted by Crippen LogP contribution is 2.35. The van der Waals surface area contributed by atoms with Crippen LogP contribution in [0.25, 0.3) is 10.2 Å². The first-order valence-electron chi connectivity index (χ1n) is 7.06. The molecule has 0 amide bonds. The molecule has 2 aromatic carbocycles. The number of fused-ring (bicyclic) bond motifs is 1. The lowest BCUT2D eigenvalue weighted by molar-refractivity contribution is 0.274. The van der Waals surface area contributed by atoms with E-state index in [4.69, 9.17) is 4.98 Å². The van der Waals surface area contributed by atoms with E-state index >= 15 is 0 Å². The fourth-order valence-corrected chi connectivity index (χ4v) is 4.06. The Balaban J connectivity index is 1.68. The second-order valence-electron chi connectivity index (χ2n) is 5.64. The van der Waals surface area contributed by atoms with Crippen LogP contribution in [-0.2, 0) is 11.8 Å². The number of benzene rings is 2. The molecule has 4 heteroatoms. The number of thiazole rings is 1. The van der Waals surface area contributed by atoms with Crippen molar-refractivity contribution < 1.29 is 4.39 Å². The van der Waals surface area contributed by atoms with Crippen molar-refractivity contribution in [3.05, 3.63) is 64.9 Å². The topological polar surface area (TPSA) is 24.9 Å². The van der Waals surface area contributed by atoms with Crippen LogP contribution in [0.4, 0.5) is 4.39 Å². The molecule has 0 spiro atoms. The Morgan fingerprint density at radius 3 is 2.52 bits per heavy atom. The van der Waals surface area contributed by atoms with Gasteiger partial charge in [0, 0.05) is 24.9 Å². The van der Waals surface area contributed by atoms with Gasteiger partial charge in [-0.2, -0.15) is 0 Å². The molecule has 1 aliphatic heterocycles. The zero-order chi connectivity index (χ0) is 14.3. The Hall–Kier alpha value is -1.78. The Kier molecular flexibility index (Phi) is 3.01. The number of nitrogens with zero attached hydrogens (tertiary/aromatic N) is 1. The summed E-state index contributed by atoms with van der Waals surface area (Å²) in [7, 11) is 0. The van der Waals surface area contributed by atoms with E-state index in [0.717, 1.165) is 30.0 Å². The fourth-order valence-electron chi connectivity index (χ4n) is 2.95. The summed E-state index contributed by atoms with van der Waals surface area (Å²) in [6.07, 6.45) is 0.908. The van der Waals surface area contributed by atoms with Crippen molar-refractivity contribution >= 4 is 21.6 Å². The molecule has 0 bridgehead atoms. The minimum atomic E-state index is -0.179. The van der Waals surface area contributed by atoms with Crippen LogP contribution < -0.4 is 5.32 Å². The van der Waals surface area contributed by atoms with Crippen molar-refractivity contribution in [2.75, 3.05) is 13.1 Å². The van der Waals surface area contributed by atoms with E-state index in [2.05, 4.69) is 17.4 Å². The summed E-state index contributed by atoms with van der Waals surface area (Å²) in [6.45, 7) is 1.85. The van der Waals surface area contributed by atoms with Crippen LogP contribution >= 0.6 is 11.3 Å². The number of rotatable bonds is 3. The lowest BCUT2D eigenvalue weighted by Crippen LogP contribution is -2.58. The van der Waals surface area contributed by atoms with E-state index in [1.165, 1.54) is 10.3 Å². The standard InChI is InChI=1S/C17H15FN2S/c18-13-7-5-12(6-8-13)17(10-19-11-17)9-16-20-14-3-1-2-4-15(14)21-16/h1-8,19H,9-11H2. The summed E-state index contributed by atoms with van der Waals surface area (Å²) in [5, 5.41) is 4.51. The van der Waals surface area contributed by atoms with Crippen LogP contribution in [-0.4, -0.2) is 18.1 Å². The summed E-state index contributed by atoms with van der Waals surface area (Å²) in [5.74, 6) is -0.179. The van der Waals surface area contributed by atoms with E-state index in [0.29, 0.717) is 0 Å². The molecule has 21 heavy (non-hydrogen) atoms. The number of halogens is 1. The second-order valence-corrected chi connectivity index (χ2v) is 6.76. The average molecular weight is 298 g/mol. The van der Waals surface area contributed by atoms with Gasteiger partial charge in [-0.3, -0.25) is 0 Å². The molecule has 0 saturated carbocycles. The molecular weight excluding hydrogens is 283 g/mol. The Morgan fingerprint density at radius 2 is 1.86 bits per heavy atom. The smallest absolute Gasteiger partial charge is 0.123 e. The summed E-state index contributed by atoms with van der Waals surface area (Å²) in [5.41, 5.74) is 2.32. The molecule has 1 fully saturated rings. The zero-order valence-corrected chi connectivity index (χ0v) is 12.3. The minimum absolute atomic E-state index is 0.0571. The first-order chi connectivity index (χ1) is 10.3. The Labute approximate surface area is 126 Å². The van der Waals surface area contributed by atoms with E-state index in [1.807, 2.05) is 24.3 Å². The Bertz CT molecular complexity index is 742. The maximum absolute atomic E-state index is 13.1. The molecule has 106 valence electrons. The van der Waals surface area contributed by atoms with E-state index in [9.17, 15) is 4.39 Å². The highest BCUT2D eigenvalue weighted by atomic mass is 32.1. The van der Waals surface area contributed by atoms with E-state index in [1.54, 1.807) is 23.5 Å². The van der Waals surface area contributed by atoms with Crippen LogP contribution in [0.5, 0.6) is 0 Å². The number of para-hydroxylation sites is 1. The van der Waals surface area contributed by atoms with Crippen LogP contribution in [0.3, 0.4) is 0 Å². The van der Waals surface area contributed by atoms with Crippen molar-refractivity contribution in [2.45, 2.75) is 11.8 Å². The van der Waals surface area contributed by atoms with Gasteiger partial charge in [0.1, 0.15) is 5.82 Å². The highest BCUT2D eigenvalue weighted by molar-refractivity contribution is 7.18. The molecule has 0 atom stereocenters. The summed E-state index contributed by atoms with van der Waals surface area (Å²) >= 11 is 1.76. The molecule has 4 rings (SSSR count). The number of aromatic nitrogens is 1. The second kappa shape index (κ2) is 4.90. The predicted molar refractivity (Wildman–Crippen MR) is 84.3 cm³/mol. The molecule has 1 N–H and O–H groups in total. The molecule has 2 heterocycles. The van der Waals surface area contributed by atoms with Crippen molar-refractivity contribution in [3.63, 3.8) is 0 Å². The first-order valence-corrected chi connectivity index (χ1v) is 7.88. The van der Waals surface area contributed by atoms with Gasteiger partial charge >= 0.3 is 0 Å². The van der Waals surface area contributed by atoms with Gasteiger partial charge in [-0.05, 0) is 29.8 Å². The quantitative estimate of drug-likeness (QED) is 0.800. The average Bonchev–Trinajstić information content (AvgIpc) is 2.86. The van der Waals surface area contributed by atoms with Crippen LogP contribution in [0.1, 0.15) is 10.6 Å². The third-order valence-electron chi connectivity index (χ3n) is 4.21. The van der Waals surface area contributed by atoms with Gasteiger partial charge in [-0.25, -0.2) is 9.37 Å². The molecule has 0 unspecified atom stereocenters. The van der Waals surface area contributed by atoms with Crippen LogP contribution in [0.15, 0.2) is 48.5 Å². The van der Waals surface area contributed by atoms with Gasteiger partial charge in [0.2, 0.25) is 0 Å². The maximum Gasteiger partial charge on any atom is 0.123 e. The molecule has 1 aliphatic rings. The molecule has 3 aromatic rings.